The quantitative estimate of drug-likeness (QED) is 0.548. The predicted molar refractivity (Wildman–Crippen MR) is 127 cm³/mol. The summed E-state index contributed by atoms with van der Waals surface area (Å²) in [7, 11) is 3.15. The van der Waals surface area contributed by atoms with Gasteiger partial charge in [0.15, 0.2) is 11.5 Å². The number of benzene rings is 1. The maximum absolute atomic E-state index is 12.7. The highest BCUT2D eigenvalue weighted by atomic mass is 32.1. The zero-order valence-electron chi connectivity index (χ0n) is 18.4. The van der Waals surface area contributed by atoms with E-state index in [0.29, 0.717) is 34.4 Å². The largest absolute Gasteiger partial charge is 0.493 e. The van der Waals surface area contributed by atoms with Gasteiger partial charge in [0.1, 0.15) is 16.5 Å². The Morgan fingerprint density at radius 1 is 1.18 bits per heavy atom. The lowest BCUT2D eigenvalue weighted by molar-refractivity contribution is -0.122. The fourth-order valence-corrected chi connectivity index (χ4v) is 4.54. The zero-order valence-corrected chi connectivity index (χ0v) is 19.2. The molecule has 0 bridgehead atoms. The Balaban J connectivity index is 1.42. The molecular formula is C23H25N5O4S. The minimum atomic E-state index is -0.320. The van der Waals surface area contributed by atoms with Crippen molar-refractivity contribution in [2.75, 3.05) is 37.5 Å². The summed E-state index contributed by atoms with van der Waals surface area (Å²) in [5.41, 5.74) is 7.17. The number of hydrogen-bond acceptors (Lipinski definition) is 8. The van der Waals surface area contributed by atoms with Crippen molar-refractivity contribution in [1.82, 2.24) is 9.97 Å². The smallest absolute Gasteiger partial charge is 0.275 e. The molecule has 1 aliphatic rings. The first-order valence-corrected chi connectivity index (χ1v) is 11.4. The van der Waals surface area contributed by atoms with Crippen molar-refractivity contribution < 1.29 is 19.1 Å². The molecule has 10 heteroatoms. The number of carbonyl (C=O) groups is 2. The molecule has 172 valence electrons. The van der Waals surface area contributed by atoms with Crippen molar-refractivity contribution in [3.05, 3.63) is 47.6 Å². The Morgan fingerprint density at radius 2 is 2.00 bits per heavy atom. The molecule has 1 fully saturated rings. The number of anilines is 2. The Hall–Kier alpha value is -3.66. The number of piperidine rings is 1. The van der Waals surface area contributed by atoms with E-state index >= 15 is 0 Å². The number of nitrogens with two attached hydrogens (primary N) is 1. The monoisotopic (exact) mass is 467 g/mol. The Labute approximate surface area is 195 Å². The lowest BCUT2D eigenvalue weighted by atomic mass is 9.97. The van der Waals surface area contributed by atoms with Crippen molar-refractivity contribution in [2.45, 2.75) is 12.8 Å². The molecule has 0 aliphatic carbocycles. The van der Waals surface area contributed by atoms with Gasteiger partial charge in [0.2, 0.25) is 5.91 Å². The first-order chi connectivity index (χ1) is 16.0. The van der Waals surface area contributed by atoms with Gasteiger partial charge in [0.05, 0.1) is 32.0 Å². The van der Waals surface area contributed by atoms with Crippen LogP contribution in [0, 0.1) is 5.92 Å². The second kappa shape index (κ2) is 9.86. The van der Waals surface area contributed by atoms with Crippen LogP contribution in [0.3, 0.4) is 0 Å². The summed E-state index contributed by atoms with van der Waals surface area (Å²) in [6.07, 6.45) is 3.29. The lowest BCUT2D eigenvalue weighted by Crippen LogP contribution is -2.41. The molecule has 1 aromatic carbocycles. The summed E-state index contributed by atoms with van der Waals surface area (Å²) in [5, 5.41) is 5.23. The first kappa shape index (κ1) is 22.5. The highest BCUT2D eigenvalue weighted by Gasteiger charge is 2.24. The molecule has 1 saturated heterocycles. The van der Waals surface area contributed by atoms with Gasteiger partial charge >= 0.3 is 0 Å². The molecule has 9 nitrogen and oxygen atoms in total. The zero-order chi connectivity index (χ0) is 23.4. The van der Waals surface area contributed by atoms with Gasteiger partial charge in [-0.3, -0.25) is 9.59 Å². The second-order valence-electron chi connectivity index (χ2n) is 7.65. The topological polar surface area (TPSA) is 120 Å². The van der Waals surface area contributed by atoms with Crippen LogP contribution in [0.5, 0.6) is 11.5 Å². The molecule has 3 N–H and O–H groups in total. The fourth-order valence-electron chi connectivity index (χ4n) is 3.74. The van der Waals surface area contributed by atoms with Crippen molar-refractivity contribution in [1.29, 1.82) is 0 Å². The van der Waals surface area contributed by atoms with Gasteiger partial charge in [-0.25, -0.2) is 9.97 Å². The number of nitrogens with one attached hydrogen (secondary N) is 1. The van der Waals surface area contributed by atoms with E-state index in [9.17, 15) is 9.59 Å². The van der Waals surface area contributed by atoms with Crippen LogP contribution in [-0.4, -0.2) is 49.1 Å². The van der Waals surface area contributed by atoms with Crippen LogP contribution in [0.2, 0.25) is 0 Å². The van der Waals surface area contributed by atoms with Crippen LogP contribution in [0.25, 0.3) is 10.6 Å². The number of rotatable bonds is 7. The molecule has 3 aromatic rings. The molecule has 1 aliphatic heterocycles. The number of methoxy groups -OCH3 is 2. The molecule has 2 aromatic heterocycles. The average Bonchev–Trinajstić information content (AvgIpc) is 3.35. The molecule has 1 atom stereocenters. The van der Waals surface area contributed by atoms with Crippen LogP contribution in [0.15, 0.2) is 41.9 Å². The van der Waals surface area contributed by atoms with Crippen molar-refractivity contribution in [3.8, 4) is 22.1 Å². The Bertz CT molecular complexity index is 1150. The highest BCUT2D eigenvalue weighted by molar-refractivity contribution is 7.13. The van der Waals surface area contributed by atoms with Gasteiger partial charge in [-0.15, -0.1) is 11.3 Å². The summed E-state index contributed by atoms with van der Waals surface area (Å²) in [6.45, 7) is 1.38. The number of thiazole rings is 1. The molecule has 0 unspecified atom stereocenters. The fraction of sp³-hybridized carbons (Fsp3) is 0.304. The number of pyridine rings is 1. The van der Waals surface area contributed by atoms with Gasteiger partial charge in [0, 0.05) is 24.0 Å². The maximum atomic E-state index is 12.7. The molecule has 0 spiro atoms. The van der Waals surface area contributed by atoms with E-state index in [2.05, 4.69) is 15.3 Å². The molecule has 2 amide bonds. The van der Waals surface area contributed by atoms with E-state index < -0.39 is 0 Å². The van der Waals surface area contributed by atoms with Gasteiger partial charge in [-0.2, -0.15) is 0 Å². The first-order valence-electron chi connectivity index (χ1n) is 10.5. The van der Waals surface area contributed by atoms with E-state index in [4.69, 9.17) is 15.2 Å². The number of ether oxygens (including phenoxy) is 2. The van der Waals surface area contributed by atoms with E-state index in [1.165, 1.54) is 11.3 Å². The summed E-state index contributed by atoms with van der Waals surface area (Å²) >= 11 is 1.37. The van der Waals surface area contributed by atoms with Crippen LogP contribution < -0.4 is 25.4 Å². The summed E-state index contributed by atoms with van der Waals surface area (Å²) in [4.78, 5) is 35.1. The SMILES string of the molecule is COc1ccc(-c2nc(C(=O)Nc3ccc(N4CCC[C@@H](C(N)=O)C4)nc3)cs2)cc1OC. The summed E-state index contributed by atoms with van der Waals surface area (Å²) < 4.78 is 10.6. The number of carbonyl (C=O) groups excluding carboxylic acids is 2. The van der Waals surface area contributed by atoms with E-state index in [1.54, 1.807) is 37.9 Å². The number of primary amides is 1. The Morgan fingerprint density at radius 3 is 2.70 bits per heavy atom. The molecule has 4 rings (SSSR count). The number of hydrogen-bond donors (Lipinski definition) is 2. The van der Waals surface area contributed by atoms with Gasteiger partial charge < -0.3 is 25.4 Å². The van der Waals surface area contributed by atoms with E-state index in [-0.39, 0.29) is 17.7 Å². The average molecular weight is 468 g/mol. The summed E-state index contributed by atoms with van der Waals surface area (Å²) in [6, 6.07) is 9.11. The third-order valence-electron chi connectivity index (χ3n) is 5.52. The molecule has 0 saturated carbocycles. The second-order valence-corrected chi connectivity index (χ2v) is 8.51. The van der Waals surface area contributed by atoms with Crippen LogP contribution >= 0.6 is 11.3 Å². The van der Waals surface area contributed by atoms with Crippen molar-refractivity contribution in [2.24, 2.45) is 11.7 Å². The minimum absolute atomic E-state index is 0.163. The van der Waals surface area contributed by atoms with E-state index in [0.717, 1.165) is 30.8 Å². The van der Waals surface area contributed by atoms with E-state index in [1.807, 2.05) is 23.1 Å². The number of amides is 2. The van der Waals surface area contributed by atoms with Crippen LogP contribution in [0.4, 0.5) is 11.5 Å². The molecule has 0 radical (unpaired) electrons. The van der Waals surface area contributed by atoms with Crippen LogP contribution in [-0.2, 0) is 4.79 Å². The number of aromatic nitrogens is 2. The normalized spacial score (nSPS) is 15.7. The lowest BCUT2D eigenvalue weighted by Gasteiger charge is -2.32. The summed E-state index contributed by atoms with van der Waals surface area (Å²) in [5.74, 6) is 1.21. The van der Waals surface area contributed by atoms with Crippen LogP contribution in [0.1, 0.15) is 23.3 Å². The third-order valence-corrected chi connectivity index (χ3v) is 6.41. The molecule has 33 heavy (non-hydrogen) atoms. The number of nitrogens with zero attached hydrogens (tertiary/aromatic N) is 3. The molecular weight excluding hydrogens is 442 g/mol. The highest BCUT2D eigenvalue weighted by Crippen LogP contribution is 2.33. The standard InChI is InChI=1S/C23H25N5O4S/c1-31-18-7-5-14(10-19(18)32-2)23-27-17(13-33-23)22(30)26-16-6-8-20(25-11-16)28-9-3-4-15(12-28)21(24)29/h5-8,10-11,13,15H,3-4,9,12H2,1-2H3,(H2,24,29)(H,26,30)/t15-/m1/s1. The van der Waals surface area contributed by atoms with Crippen molar-refractivity contribution >= 4 is 34.7 Å². The Kier molecular flexibility index (Phi) is 6.74. The van der Waals surface area contributed by atoms with Gasteiger partial charge in [0.25, 0.3) is 5.91 Å². The van der Waals surface area contributed by atoms with Gasteiger partial charge in [-0.05, 0) is 43.2 Å². The van der Waals surface area contributed by atoms with Crippen molar-refractivity contribution in [3.63, 3.8) is 0 Å². The minimum Gasteiger partial charge on any atom is -0.493 e. The molecule has 3 heterocycles. The third kappa shape index (κ3) is 5.06. The predicted octanol–water partition coefficient (Wildman–Crippen LogP) is 3.18. The van der Waals surface area contributed by atoms with Gasteiger partial charge in [-0.1, -0.05) is 0 Å². The maximum Gasteiger partial charge on any atom is 0.275 e.